The van der Waals surface area contributed by atoms with Gasteiger partial charge in [-0.3, -0.25) is 0 Å². The number of aryl methyl sites for hydroxylation is 1. The van der Waals surface area contributed by atoms with Gasteiger partial charge in [0, 0.05) is 18.8 Å². The normalized spacial score (nSPS) is 26.5. The molecular formula is C16H24N2O. The van der Waals surface area contributed by atoms with Crippen LogP contribution in [0, 0.1) is 6.92 Å². The minimum atomic E-state index is 0.463. The van der Waals surface area contributed by atoms with Crippen molar-refractivity contribution in [1.29, 1.82) is 0 Å². The highest BCUT2D eigenvalue weighted by atomic mass is 16.5. The summed E-state index contributed by atoms with van der Waals surface area (Å²) in [4.78, 5) is 2.58. The van der Waals surface area contributed by atoms with Gasteiger partial charge in [-0.05, 0) is 50.4 Å². The highest BCUT2D eigenvalue weighted by Crippen LogP contribution is 2.34. The molecule has 3 heteroatoms. The standard InChI is InChI=1S/C16H24N2O/c1-12-10-13(11-17-2)6-7-14(12)18-8-9-19-16-5-3-4-15(16)18/h6-7,10,15-17H,3-5,8-9,11H2,1-2H3. The van der Waals surface area contributed by atoms with Gasteiger partial charge in [0.1, 0.15) is 0 Å². The number of rotatable bonds is 3. The molecule has 1 aromatic carbocycles. The van der Waals surface area contributed by atoms with Crippen molar-refractivity contribution in [2.45, 2.75) is 44.9 Å². The van der Waals surface area contributed by atoms with Crippen LogP contribution in [0.5, 0.6) is 0 Å². The number of hydrogen-bond acceptors (Lipinski definition) is 3. The predicted octanol–water partition coefficient (Wildman–Crippen LogP) is 2.47. The van der Waals surface area contributed by atoms with Crippen molar-refractivity contribution in [3.05, 3.63) is 29.3 Å². The van der Waals surface area contributed by atoms with Gasteiger partial charge in [0.2, 0.25) is 0 Å². The number of ether oxygens (including phenoxy) is 1. The maximum Gasteiger partial charge on any atom is 0.0779 e. The number of morpholine rings is 1. The Morgan fingerprint density at radius 2 is 2.26 bits per heavy atom. The van der Waals surface area contributed by atoms with Crippen molar-refractivity contribution in [3.63, 3.8) is 0 Å². The van der Waals surface area contributed by atoms with Gasteiger partial charge < -0.3 is 15.0 Å². The Labute approximate surface area is 115 Å². The molecule has 1 aromatic rings. The van der Waals surface area contributed by atoms with E-state index in [4.69, 9.17) is 4.74 Å². The summed E-state index contributed by atoms with van der Waals surface area (Å²) in [7, 11) is 1.99. The highest BCUT2D eigenvalue weighted by Gasteiger charge is 2.36. The summed E-state index contributed by atoms with van der Waals surface area (Å²) in [6.45, 7) is 5.08. The molecule has 19 heavy (non-hydrogen) atoms. The molecule has 0 bridgehead atoms. The minimum absolute atomic E-state index is 0.463. The first-order valence-corrected chi connectivity index (χ1v) is 7.42. The molecule has 1 N–H and O–H groups in total. The van der Waals surface area contributed by atoms with E-state index >= 15 is 0 Å². The van der Waals surface area contributed by atoms with Gasteiger partial charge in [-0.2, -0.15) is 0 Å². The Hall–Kier alpha value is -1.06. The topological polar surface area (TPSA) is 24.5 Å². The lowest BCUT2D eigenvalue weighted by atomic mass is 10.0. The molecular weight excluding hydrogens is 236 g/mol. The molecule has 2 aliphatic rings. The SMILES string of the molecule is CNCc1ccc(N2CCOC3CCCC32)c(C)c1. The lowest BCUT2D eigenvalue weighted by molar-refractivity contribution is 0.0256. The largest absolute Gasteiger partial charge is 0.374 e. The molecule has 1 aliphatic carbocycles. The van der Waals surface area contributed by atoms with E-state index in [1.165, 1.54) is 36.1 Å². The first kappa shape index (κ1) is 12.9. The van der Waals surface area contributed by atoms with E-state index in [-0.39, 0.29) is 0 Å². The summed E-state index contributed by atoms with van der Waals surface area (Å²) >= 11 is 0. The number of anilines is 1. The summed E-state index contributed by atoms with van der Waals surface area (Å²) in [5.41, 5.74) is 4.15. The highest BCUT2D eigenvalue weighted by molar-refractivity contribution is 5.56. The van der Waals surface area contributed by atoms with Crippen molar-refractivity contribution in [2.75, 3.05) is 25.1 Å². The number of benzene rings is 1. The summed E-state index contributed by atoms with van der Waals surface area (Å²) in [6.07, 6.45) is 4.29. The molecule has 2 fully saturated rings. The zero-order valence-electron chi connectivity index (χ0n) is 12.0. The molecule has 0 radical (unpaired) electrons. The maximum atomic E-state index is 5.90. The average Bonchev–Trinajstić information content (AvgIpc) is 2.88. The van der Waals surface area contributed by atoms with Gasteiger partial charge in [0.05, 0.1) is 18.8 Å². The van der Waals surface area contributed by atoms with Crippen LogP contribution in [-0.4, -0.2) is 32.3 Å². The zero-order chi connectivity index (χ0) is 13.2. The predicted molar refractivity (Wildman–Crippen MR) is 78.7 cm³/mol. The van der Waals surface area contributed by atoms with Crippen molar-refractivity contribution in [1.82, 2.24) is 5.32 Å². The molecule has 0 aromatic heterocycles. The Morgan fingerprint density at radius 3 is 3.05 bits per heavy atom. The fourth-order valence-corrected chi connectivity index (χ4v) is 3.58. The summed E-state index contributed by atoms with van der Waals surface area (Å²) in [6, 6.07) is 7.45. The number of nitrogens with zero attached hydrogens (tertiary/aromatic N) is 1. The molecule has 3 nitrogen and oxygen atoms in total. The van der Waals surface area contributed by atoms with Crippen LogP contribution in [-0.2, 0) is 11.3 Å². The lowest BCUT2D eigenvalue weighted by Crippen LogP contribution is -2.48. The Balaban J connectivity index is 1.84. The summed E-state index contributed by atoms with van der Waals surface area (Å²) in [5.74, 6) is 0. The molecule has 0 amide bonds. The van der Waals surface area contributed by atoms with Crippen LogP contribution in [0.1, 0.15) is 30.4 Å². The van der Waals surface area contributed by atoms with Gasteiger partial charge >= 0.3 is 0 Å². The molecule has 1 heterocycles. The molecule has 0 spiro atoms. The van der Waals surface area contributed by atoms with Crippen molar-refractivity contribution in [3.8, 4) is 0 Å². The van der Waals surface area contributed by atoms with E-state index in [0.717, 1.165) is 19.7 Å². The third-order valence-corrected chi connectivity index (χ3v) is 4.43. The van der Waals surface area contributed by atoms with Gasteiger partial charge in [-0.1, -0.05) is 12.1 Å². The van der Waals surface area contributed by atoms with Crippen molar-refractivity contribution < 1.29 is 4.74 Å². The quantitative estimate of drug-likeness (QED) is 0.903. The second kappa shape index (κ2) is 5.51. The first-order valence-electron chi connectivity index (χ1n) is 7.42. The molecule has 2 unspecified atom stereocenters. The fourth-order valence-electron chi connectivity index (χ4n) is 3.58. The van der Waals surface area contributed by atoms with Crippen LogP contribution < -0.4 is 10.2 Å². The van der Waals surface area contributed by atoms with E-state index in [9.17, 15) is 0 Å². The van der Waals surface area contributed by atoms with E-state index in [2.05, 4.69) is 35.3 Å². The zero-order valence-corrected chi connectivity index (χ0v) is 12.0. The lowest BCUT2D eigenvalue weighted by Gasteiger charge is -2.40. The van der Waals surface area contributed by atoms with Crippen LogP contribution in [0.4, 0.5) is 5.69 Å². The van der Waals surface area contributed by atoms with Crippen LogP contribution in [0.15, 0.2) is 18.2 Å². The van der Waals surface area contributed by atoms with E-state index < -0.39 is 0 Å². The number of nitrogens with one attached hydrogen (secondary N) is 1. The third-order valence-electron chi connectivity index (χ3n) is 4.43. The Kier molecular flexibility index (Phi) is 3.76. The van der Waals surface area contributed by atoms with E-state index in [1.807, 2.05) is 7.05 Å². The van der Waals surface area contributed by atoms with Crippen molar-refractivity contribution >= 4 is 5.69 Å². The smallest absolute Gasteiger partial charge is 0.0779 e. The molecule has 1 aliphatic heterocycles. The number of hydrogen-bond donors (Lipinski definition) is 1. The van der Waals surface area contributed by atoms with E-state index in [0.29, 0.717) is 12.1 Å². The summed E-state index contributed by atoms with van der Waals surface area (Å²) in [5, 5.41) is 3.21. The fraction of sp³-hybridized carbons (Fsp3) is 0.625. The van der Waals surface area contributed by atoms with Gasteiger partial charge in [0.25, 0.3) is 0 Å². The second-order valence-corrected chi connectivity index (χ2v) is 5.75. The average molecular weight is 260 g/mol. The summed E-state index contributed by atoms with van der Waals surface area (Å²) < 4.78 is 5.90. The Bertz CT molecular complexity index is 446. The molecule has 3 rings (SSSR count). The maximum absolute atomic E-state index is 5.90. The second-order valence-electron chi connectivity index (χ2n) is 5.75. The van der Waals surface area contributed by atoms with E-state index in [1.54, 1.807) is 0 Å². The van der Waals surface area contributed by atoms with Gasteiger partial charge in [-0.25, -0.2) is 0 Å². The monoisotopic (exact) mass is 260 g/mol. The molecule has 2 atom stereocenters. The minimum Gasteiger partial charge on any atom is -0.374 e. The van der Waals surface area contributed by atoms with Crippen LogP contribution in [0.25, 0.3) is 0 Å². The molecule has 104 valence electrons. The van der Waals surface area contributed by atoms with Gasteiger partial charge in [0.15, 0.2) is 0 Å². The third kappa shape index (κ3) is 2.49. The first-order chi connectivity index (χ1) is 9.29. The van der Waals surface area contributed by atoms with Crippen molar-refractivity contribution in [2.24, 2.45) is 0 Å². The number of fused-ring (bicyclic) bond motifs is 1. The Morgan fingerprint density at radius 1 is 1.37 bits per heavy atom. The molecule has 1 saturated carbocycles. The van der Waals surface area contributed by atoms with Crippen LogP contribution in [0.2, 0.25) is 0 Å². The van der Waals surface area contributed by atoms with Crippen LogP contribution in [0.3, 0.4) is 0 Å². The van der Waals surface area contributed by atoms with Crippen LogP contribution >= 0.6 is 0 Å². The van der Waals surface area contributed by atoms with Gasteiger partial charge in [-0.15, -0.1) is 0 Å². The molecule has 1 saturated heterocycles.